The second-order valence-electron chi connectivity index (χ2n) is 28.7. The van der Waals surface area contributed by atoms with Crippen LogP contribution in [0.2, 0.25) is 0 Å². The van der Waals surface area contributed by atoms with Gasteiger partial charge in [-0.05, 0) is 201 Å². The maximum absolute atomic E-state index is 14.4. The van der Waals surface area contributed by atoms with Gasteiger partial charge in [-0.3, -0.25) is 0 Å². The first-order valence-electron chi connectivity index (χ1n) is 39.5. The van der Waals surface area contributed by atoms with Gasteiger partial charge >= 0.3 is 0 Å². The number of fused-ring (bicyclic) bond motifs is 2. The van der Waals surface area contributed by atoms with Crippen LogP contribution in [0.25, 0.3) is 0 Å². The molecule has 7 aromatic carbocycles. The smallest absolute Gasteiger partial charge is 0.159 e. The lowest BCUT2D eigenvalue weighted by Gasteiger charge is -2.28. The maximum atomic E-state index is 14.4. The van der Waals surface area contributed by atoms with Gasteiger partial charge in [0.25, 0.3) is 0 Å². The summed E-state index contributed by atoms with van der Waals surface area (Å²) in [5.74, 6) is -9.93. The SMILES string of the molecule is C=CCC(CC=C)OCc1ccc(F)c(F)c1.C=CCC(CC=O)OCc1ccc(F)c(F)c1.C=CCC(CCC)OCc1ccc(F)c(F)c1.C=CCC(CCO)OCc1ccc(F)c(F)c1.C=CCC(O)CCC.Fc1ccc(COC2CC3=NOCC3C2)cc1F.Fc1ccc(CO[C@H]2C[C@H]3COC[C@@]3(c3ccccc3F)C2)cc1F. The first kappa shape index (κ1) is 100. The van der Waals surface area contributed by atoms with Crippen molar-refractivity contribution in [3.63, 3.8) is 0 Å². The molecule has 2 heterocycles. The van der Waals surface area contributed by atoms with Gasteiger partial charge in [0.05, 0.1) is 101 Å². The molecule has 0 bridgehead atoms. The van der Waals surface area contributed by atoms with E-state index >= 15 is 0 Å². The molecule has 2 saturated carbocycles. The van der Waals surface area contributed by atoms with Crippen molar-refractivity contribution in [3.8, 4) is 0 Å². The number of benzene rings is 7. The van der Waals surface area contributed by atoms with E-state index < -0.39 is 69.8 Å². The van der Waals surface area contributed by atoms with Crippen molar-refractivity contribution in [2.24, 2.45) is 17.0 Å². The van der Waals surface area contributed by atoms with Crippen molar-refractivity contribution in [1.29, 1.82) is 0 Å². The van der Waals surface area contributed by atoms with Crippen LogP contribution in [-0.4, -0.2) is 91.4 Å². The van der Waals surface area contributed by atoms with Crippen molar-refractivity contribution in [3.05, 3.63) is 324 Å². The summed E-state index contributed by atoms with van der Waals surface area (Å²) in [6.07, 6.45) is 22.6. The van der Waals surface area contributed by atoms with Gasteiger partial charge in [-0.1, -0.05) is 123 Å². The Labute approximate surface area is 690 Å². The van der Waals surface area contributed by atoms with Crippen LogP contribution in [0, 0.1) is 87.5 Å². The van der Waals surface area contributed by atoms with Crippen LogP contribution in [0.15, 0.2) is 215 Å². The highest BCUT2D eigenvalue weighted by Gasteiger charge is 2.53. The summed E-state index contributed by atoms with van der Waals surface area (Å²) in [6.45, 7) is 28.9. The molecule has 0 aromatic heterocycles. The first-order valence-corrected chi connectivity index (χ1v) is 39.5. The zero-order chi connectivity index (χ0) is 87.1. The first-order chi connectivity index (χ1) is 57.3. The molecule has 1 saturated heterocycles. The van der Waals surface area contributed by atoms with Crippen molar-refractivity contribution in [2.45, 2.75) is 204 Å². The molecule has 2 N–H and O–H groups in total. The lowest BCUT2D eigenvalue weighted by Crippen LogP contribution is -2.31. The highest BCUT2D eigenvalue weighted by molar-refractivity contribution is 5.89. The minimum atomic E-state index is -0.901. The summed E-state index contributed by atoms with van der Waals surface area (Å²) in [6, 6.07) is 29.3. The van der Waals surface area contributed by atoms with E-state index in [0.29, 0.717) is 116 Å². The van der Waals surface area contributed by atoms with Crippen molar-refractivity contribution in [1.82, 2.24) is 0 Å². The molecule has 25 heteroatoms. The Morgan fingerprint density at radius 3 is 1.18 bits per heavy atom. The number of hydrogen-bond acceptors (Lipinski definition) is 12. The van der Waals surface area contributed by atoms with Crippen LogP contribution < -0.4 is 0 Å². The second-order valence-corrected chi connectivity index (χ2v) is 28.7. The number of carbonyl (C=O) groups is 1. The molecule has 9 atom stereocenters. The molecule has 2 aliphatic carbocycles. The summed E-state index contributed by atoms with van der Waals surface area (Å²) < 4.78 is 208. The summed E-state index contributed by atoms with van der Waals surface area (Å²) >= 11 is 0. The molecule has 119 heavy (non-hydrogen) atoms. The van der Waals surface area contributed by atoms with Gasteiger partial charge in [-0.2, -0.15) is 0 Å². The number of aliphatic hydroxyl groups is 2. The Morgan fingerprint density at radius 1 is 0.437 bits per heavy atom. The number of ether oxygens (including phenoxy) is 7. The monoisotopic (exact) mass is 1680 g/mol. The lowest BCUT2D eigenvalue weighted by molar-refractivity contribution is -0.110. The van der Waals surface area contributed by atoms with Crippen LogP contribution in [0.4, 0.5) is 57.1 Å². The standard InChI is InChI=1S/C20H19F3O2.C14H18F2O.C14H16F2O.C13H13F2NO2.C13H16F2O2.C13H14F2O2.C7H14O/c21-17-4-2-1-3-16(17)20-9-15(8-14(20)11-24-12-20)25-10-13-5-6-18(22)19(23)7-13;2*1-3-5-12(6-4-2)17-10-11-7-8-13(15)14(16)9-11;14-11-2-1-8(3-12(11)15)6-17-10-4-9-7-18-16-13(9)5-10;2*1-2-3-11(6-7-16)17-9-10-4-5-12(14)13(15)8-10;1-3-5-7(8)6-4-2/h1-7,14-15H,8-12H2;3,7-9,12H,1,4-6,10H2,2H3;3-4,7-9,12H,1-2,5-6,10H2;1-3,9-10H,4-7H2;2,4-5,8,11,16H,1,3,6-7,9H2;2,4-5,7-8,11H,1,3,6,9H2;3,7-8H,1,4-6H2,2H3/t14-,15-,20-;;;;;;/m0....../s1. The fourth-order valence-corrected chi connectivity index (χ4v) is 13.1. The molecule has 2 aliphatic heterocycles. The molecular formula is C94H110F13NO11. The predicted octanol–water partition coefficient (Wildman–Crippen LogP) is 22.8. The molecule has 3 fully saturated rings. The number of oxime groups is 1. The molecule has 11 rings (SSSR count). The Hall–Kier alpha value is -9.15. The Morgan fingerprint density at radius 2 is 0.807 bits per heavy atom. The predicted molar refractivity (Wildman–Crippen MR) is 434 cm³/mol. The topological polar surface area (TPSA) is 144 Å². The fraction of sp³-hybridized carbons (Fsp3) is 0.404. The third-order valence-electron chi connectivity index (χ3n) is 19.4. The average molecular weight is 1680 g/mol. The fourth-order valence-electron chi connectivity index (χ4n) is 13.1. The van der Waals surface area contributed by atoms with E-state index in [1.165, 1.54) is 54.6 Å². The second kappa shape index (κ2) is 55.6. The van der Waals surface area contributed by atoms with Crippen LogP contribution in [0.1, 0.15) is 156 Å². The average Bonchev–Trinajstić information content (AvgIpc) is 1.59. The van der Waals surface area contributed by atoms with Crippen LogP contribution >= 0.6 is 0 Å². The highest BCUT2D eigenvalue weighted by Crippen LogP contribution is 2.51. The van der Waals surface area contributed by atoms with Gasteiger partial charge < -0.3 is 53.0 Å². The number of halogens is 13. The summed E-state index contributed by atoms with van der Waals surface area (Å²) in [7, 11) is 0. The summed E-state index contributed by atoms with van der Waals surface area (Å²) in [5.41, 5.74) is 4.98. The lowest BCUT2D eigenvalue weighted by atomic mass is 9.74. The van der Waals surface area contributed by atoms with Gasteiger partial charge in [0.15, 0.2) is 69.8 Å². The van der Waals surface area contributed by atoms with E-state index in [1.807, 2.05) is 18.2 Å². The number of rotatable bonds is 39. The van der Waals surface area contributed by atoms with Crippen molar-refractivity contribution < 1.29 is 110 Å². The van der Waals surface area contributed by atoms with Crippen molar-refractivity contribution in [2.75, 3.05) is 26.4 Å². The Bertz CT molecular complexity index is 4100. The van der Waals surface area contributed by atoms with Crippen LogP contribution in [0.5, 0.6) is 0 Å². The number of hydrogen-bond donors (Lipinski definition) is 2. The van der Waals surface area contributed by atoms with Gasteiger partial charge in [0.2, 0.25) is 0 Å². The van der Waals surface area contributed by atoms with E-state index in [9.17, 15) is 61.9 Å². The normalized spacial score (nSPS) is 17.5. The third kappa shape index (κ3) is 36.0. The summed E-state index contributed by atoms with van der Waals surface area (Å²) in [5, 5.41) is 21.8. The zero-order valence-electron chi connectivity index (χ0n) is 67.5. The molecule has 12 nitrogen and oxygen atoms in total. The van der Waals surface area contributed by atoms with Crippen molar-refractivity contribution >= 4 is 12.0 Å². The van der Waals surface area contributed by atoms with E-state index in [-0.39, 0.29) is 99.3 Å². The number of nitrogens with zero attached hydrogens (tertiary/aromatic N) is 1. The quantitative estimate of drug-likeness (QED) is 0.0216. The molecular weight excluding hydrogens is 1570 g/mol. The molecule has 0 amide bonds. The number of aldehydes is 1. The molecule has 7 aromatic rings. The van der Waals surface area contributed by atoms with E-state index in [0.717, 1.165) is 130 Å². The molecule has 0 radical (unpaired) electrons. The third-order valence-corrected chi connectivity index (χ3v) is 19.4. The molecule has 4 aliphatic rings. The molecule has 6 unspecified atom stereocenters. The van der Waals surface area contributed by atoms with Gasteiger partial charge in [0.1, 0.15) is 18.7 Å². The van der Waals surface area contributed by atoms with E-state index in [4.69, 9.17) is 48.2 Å². The number of carbonyl (C=O) groups excluding carboxylic acids is 1. The van der Waals surface area contributed by atoms with Gasteiger partial charge in [-0.25, -0.2) is 57.1 Å². The van der Waals surface area contributed by atoms with E-state index in [1.54, 1.807) is 36.4 Å². The van der Waals surface area contributed by atoms with Gasteiger partial charge in [0, 0.05) is 30.8 Å². The van der Waals surface area contributed by atoms with Crippen LogP contribution in [-0.2, 0) is 87.8 Å². The van der Waals surface area contributed by atoms with Crippen LogP contribution in [0.3, 0.4) is 0 Å². The minimum absolute atomic E-state index is 0.0156. The molecule has 0 spiro atoms. The van der Waals surface area contributed by atoms with E-state index in [2.05, 4.69) is 58.5 Å². The highest BCUT2D eigenvalue weighted by atomic mass is 19.2. The maximum Gasteiger partial charge on any atom is 0.159 e. The Balaban J connectivity index is 0.000000251. The zero-order valence-corrected chi connectivity index (χ0v) is 67.5. The van der Waals surface area contributed by atoms with Gasteiger partial charge in [-0.15, -0.1) is 39.5 Å². The molecule has 648 valence electrons. The minimum Gasteiger partial charge on any atom is -0.396 e. The number of aliphatic hydroxyl groups excluding tert-OH is 2. The summed E-state index contributed by atoms with van der Waals surface area (Å²) in [4.78, 5) is 15.4. The largest absolute Gasteiger partial charge is 0.396 e. The Kier molecular flexibility index (Phi) is 46.9.